The molecule has 1 unspecified atom stereocenters. The molecule has 1 aliphatic heterocycles. The van der Waals surface area contributed by atoms with Gasteiger partial charge >= 0.3 is 0 Å². The third kappa shape index (κ3) is 4.50. The Hall–Kier alpha value is -2.67. The zero-order valence-corrected chi connectivity index (χ0v) is 21.5. The Labute approximate surface area is 207 Å². The van der Waals surface area contributed by atoms with E-state index < -0.39 is 10.8 Å². The molecule has 5 rings (SSSR count). The Morgan fingerprint density at radius 1 is 1.06 bits per heavy atom. The van der Waals surface area contributed by atoms with Crippen molar-refractivity contribution >= 4 is 37.9 Å². The summed E-state index contributed by atoms with van der Waals surface area (Å²) in [5, 5.41) is 13.8. The molecule has 34 heavy (non-hydrogen) atoms. The number of phenols is 1. The van der Waals surface area contributed by atoms with E-state index in [0.717, 1.165) is 41.5 Å². The first-order valence-corrected chi connectivity index (χ1v) is 13.6. The highest BCUT2D eigenvalue weighted by atomic mass is 32.2. The summed E-state index contributed by atoms with van der Waals surface area (Å²) in [6, 6.07) is 21.8. The Morgan fingerprint density at radius 2 is 1.82 bits per heavy atom. The summed E-state index contributed by atoms with van der Waals surface area (Å²) < 4.78 is 14.0. The van der Waals surface area contributed by atoms with Gasteiger partial charge in [0.05, 0.1) is 27.4 Å². The fourth-order valence-corrected chi connectivity index (χ4v) is 7.78. The summed E-state index contributed by atoms with van der Waals surface area (Å²) in [7, 11) is 0.745. The molecule has 0 spiro atoms. The number of aromatic hydroxyl groups is 1. The van der Waals surface area contributed by atoms with E-state index in [1.807, 2.05) is 6.07 Å². The van der Waals surface area contributed by atoms with Gasteiger partial charge in [0.1, 0.15) is 5.75 Å². The van der Waals surface area contributed by atoms with Gasteiger partial charge in [-0.25, -0.2) is 4.21 Å². The second-order valence-corrected chi connectivity index (χ2v) is 12.0. The van der Waals surface area contributed by atoms with Crippen LogP contribution in [0.25, 0.3) is 10.8 Å². The third-order valence-corrected chi connectivity index (χ3v) is 9.13. The van der Waals surface area contributed by atoms with Crippen LogP contribution in [-0.4, -0.2) is 34.5 Å². The molecule has 6 heteroatoms. The summed E-state index contributed by atoms with van der Waals surface area (Å²) in [6.45, 7) is 7.09. The molecular formula is C28H30N2O2S2. The molecule has 3 aromatic carbocycles. The Kier molecular flexibility index (Phi) is 6.47. The number of hydrogen-bond acceptors (Lipinski definition) is 5. The van der Waals surface area contributed by atoms with E-state index in [2.05, 4.69) is 73.2 Å². The molecule has 176 valence electrons. The fourth-order valence-electron chi connectivity index (χ4n) is 4.81. The standard InChI is InChI=1S/C28H30N2O2S2/c1-19(2)16-30-18-29(3)17-25-27(34(32)23-12-7-11-22(31)15-23)26(33-28(25)30)14-21-10-6-9-20-8-4-5-13-24(20)21/h4-13,15,19,31H,14,16-18H2,1-3H3. The Balaban J connectivity index is 1.66. The van der Waals surface area contributed by atoms with Crippen LogP contribution in [0.1, 0.15) is 29.9 Å². The van der Waals surface area contributed by atoms with Gasteiger partial charge < -0.3 is 10.0 Å². The number of fused-ring (bicyclic) bond motifs is 2. The van der Waals surface area contributed by atoms with Crippen LogP contribution in [-0.2, 0) is 23.8 Å². The maximum atomic E-state index is 14.0. The molecule has 0 saturated heterocycles. The number of nitrogens with zero attached hydrogens (tertiary/aromatic N) is 2. The van der Waals surface area contributed by atoms with Crippen molar-refractivity contribution in [2.24, 2.45) is 5.92 Å². The van der Waals surface area contributed by atoms with Gasteiger partial charge in [-0.1, -0.05) is 62.4 Å². The maximum absolute atomic E-state index is 14.0. The van der Waals surface area contributed by atoms with E-state index in [4.69, 9.17) is 0 Å². The van der Waals surface area contributed by atoms with Crippen LogP contribution in [0.15, 0.2) is 76.5 Å². The molecule has 4 aromatic rings. The molecule has 0 radical (unpaired) electrons. The SMILES string of the molecule is CC(C)CN1CN(C)Cc2c1sc(Cc1cccc3ccccc13)c2S(=O)c1cccc(O)c1. The molecule has 4 nitrogen and oxygen atoms in total. The monoisotopic (exact) mass is 490 g/mol. The summed E-state index contributed by atoms with van der Waals surface area (Å²) in [5.74, 6) is 0.673. The zero-order valence-electron chi connectivity index (χ0n) is 19.8. The molecule has 0 saturated carbocycles. The molecular weight excluding hydrogens is 460 g/mol. The molecule has 1 aliphatic rings. The highest BCUT2D eigenvalue weighted by molar-refractivity contribution is 7.85. The summed E-state index contributed by atoms with van der Waals surface area (Å²) in [4.78, 5) is 7.43. The van der Waals surface area contributed by atoms with Gasteiger partial charge in [0.25, 0.3) is 0 Å². The summed E-state index contributed by atoms with van der Waals surface area (Å²) in [6.07, 6.45) is 0.734. The first-order chi connectivity index (χ1) is 16.4. The van der Waals surface area contributed by atoms with Crippen molar-refractivity contribution in [3.8, 4) is 5.75 Å². The Bertz CT molecular complexity index is 1360. The van der Waals surface area contributed by atoms with Gasteiger partial charge in [-0.2, -0.15) is 0 Å². The van der Waals surface area contributed by atoms with E-state index in [-0.39, 0.29) is 5.75 Å². The van der Waals surface area contributed by atoms with Crippen LogP contribution in [0.5, 0.6) is 5.75 Å². The third-order valence-electron chi connectivity index (χ3n) is 6.17. The lowest BCUT2D eigenvalue weighted by atomic mass is 10.0. The van der Waals surface area contributed by atoms with E-state index in [1.54, 1.807) is 29.5 Å². The number of benzene rings is 3. The topological polar surface area (TPSA) is 43.8 Å². The average molecular weight is 491 g/mol. The lowest BCUT2D eigenvalue weighted by Gasteiger charge is -2.35. The van der Waals surface area contributed by atoms with E-state index in [1.165, 1.54) is 21.3 Å². The average Bonchev–Trinajstić information content (AvgIpc) is 3.16. The number of hydrogen-bond donors (Lipinski definition) is 1. The molecule has 0 amide bonds. The first kappa shape index (κ1) is 23.1. The zero-order chi connectivity index (χ0) is 23.8. The number of anilines is 1. The molecule has 0 fully saturated rings. The van der Waals surface area contributed by atoms with Crippen LogP contribution < -0.4 is 4.90 Å². The summed E-state index contributed by atoms with van der Waals surface area (Å²) in [5.41, 5.74) is 2.41. The van der Waals surface area contributed by atoms with Gasteiger partial charge in [-0.05, 0) is 47.5 Å². The first-order valence-electron chi connectivity index (χ1n) is 11.7. The van der Waals surface area contributed by atoms with Crippen LogP contribution >= 0.6 is 11.3 Å². The van der Waals surface area contributed by atoms with Crippen molar-refractivity contribution in [1.29, 1.82) is 0 Å². The lowest BCUT2D eigenvalue weighted by molar-refractivity contribution is 0.303. The van der Waals surface area contributed by atoms with Crippen LogP contribution in [0, 0.1) is 5.92 Å². The van der Waals surface area contributed by atoms with Crippen molar-refractivity contribution in [2.75, 3.05) is 25.2 Å². The van der Waals surface area contributed by atoms with Gasteiger partial charge in [-0.15, -0.1) is 11.3 Å². The number of thiophene rings is 1. The molecule has 1 N–H and O–H groups in total. The van der Waals surface area contributed by atoms with Gasteiger partial charge in [0.2, 0.25) is 0 Å². The number of rotatable bonds is 6. The minimum absolute atomic E-state index is 0.143. The minimum Gasteiger partial charge on any atom is -0.508 e. The van der Waals surface area contributed by atoms with Crippen molar-refractivity contribution < 1.29 is 9.32 Å². The van der Waals surface area contributed by atoms with Gasteiger partial charge in [0, 0.05) is 34.8 Å². The molecule has 1 atom stereocenters. The molecule has 1 aromatic heterocycles. The predicted octanol–water partition coefficient (Wildman–Crippen LogP) is 6.23. The minimum atomic E-state index is -1.38. The van der Waals surface area contributed by atoms with E-state index in [0.29, 0.717) is 10.8 Å². The van der Waals surface area contributed by atoms with Crippen molar-refractivity contribution in [1.82, 2.24) is 4.90 Å². The second-order valence-electron chi connectivity index (χ2n) is 9.49. The predicted molar refractivity (Wildman–Crippen MR) is 142 cm³/mol. The van der Waals surface area contributed by atoms with Gasteiger partial charge in [-0.3, -0.25) is 4.90 Å². The van der Waals surface area contributed by atoms with Crippen LogP contribution in [0.4, 0.5) is 5.00 Å². The van der Waals surface area contributed by atoms with Crippen LogP contribution in [0.3, 0.4) is 0 Å². The fraction of sp³-hybridized carbons (Fsp3) is 0.286. The van der Waals surface area contributed by atoms with Crippen molar-refractivity contribution in [3.05, 3.63) is 82.7 Å². The highest BCUT2D eigenvalue weighted by Gasteiger charge is 2.31. The van der Waals surface area contributed by atoms with Crippen molar-refractivity contribution in [3.63, 3.8) is 0 Å². The highest BCUT2D eigenvalue weighted by Crippen LogP contribution is 2.44. The lowest BCUT2D eigenvalue weighted by Crippen LogP contribution is -2.41. The maximum Gasteiger partial charge on any atom is 0.116 e. The Morgan fingerprint density at radius 3 is 2.62 bits per heavy atom. The van der Waals surface area contributed by atoms with Crippen LogP contribution in [0.2, 0.25) is 0 Å². The smallest absolute Gasteiger partial charge is 0.116 e. The normalized spacial score (nSPS) is 15.1. The quantitative estimate of drug-likeness (QED) is 0.348. The molecule has 0 aliphatic carbocycles. The number of phenolic OH excluding ortho intramolecular Hbond substituents is 1. The second kappa shape index (κ2) is 9.53. The largest absolute Gasteiger partial charge is 0.508 e. The van der Waals surface area contributed by atoms with Crippen molar-refractivity contribution in [2.45, 2.75) is 36.6 Å². The summed E-state index contributed by atoms with van der Waals surface area (Å²) >= 11 is 1.79. The van der Waals surface area contributed by atoms with Gasteiger partial charge in [0.15, 0.2) is 0 Å². The molecule has 2 heterocycles. The van der Waals surface area contributed by atoms with E-state index in [9.17, 15) is 9.32 Å². The van der Waals surface area contributed by atoms with E-state index >= 15 is 0 Å². The molecule has 0 bridgehead atoms.